The highest BCUT2D eigenvalue weighted by Gasteiger charge is 2.45. The monoisotopic (exact) mass is 429 g/mol. The van der Waals surface area contributed by atoms with E-state index in [4.69, 9.17) is 0 Å². The number of Topliss-reactive ketones (excluding diaryl/α,β-unsaturated/α-hetero) is 1. The van der Waals surface area contributed by atoms with Gasteiger partial charge in [-0.3, -0.25) is 9.59 Å². The lowest BCUT2D eigenvalue weighted by molar-refractivity contribution is -0.129. The Balaban J connectivity index is 1.74. The Morgan fingerprint density at radius 1 is 1.23 bits per heavy atom. The van der Waals surface area contributed by atoms with Gasteiger partial charge in [-0.05, 0) is 45.8 Å². The van der Waals surface area contributed by atoms with Crippen molar-refractivity contribution in [2.45, 2.75) is 32.7 Å². The third-order valence-electron chi connectivity index (χ3n) is 5.71. The van der Waals surface area contributed by atoms with E-state index in [0.29, 0.717) is 28.7 Å². The highest BCUT2D eigenvalue weighted by Crippen LogP contribution is 2.40. The van der Waals surface area contributed by atoms with Gasteiger partial charge in [-0.15, -0.1) is 11.3 Å². The van der Waals surface area contributed by atoms with Gasteiger partial charge in [-0.1, -0.05) is 18.2 Å². The highest BCUT2D eigenvalue weighted by atomic mass is 32.1. The van der Waals surface area contributed by atoms with Gasteiger partial charge in [-0.25, -0.2) is 9.37 Å². The van der Waals surface area contributed by atoms with Crippen LogP contribution in [0.1, 0.15) is 44.8 Å². The molecule has 0 radical (unpaired) electrons. The second kappa shape index (κ2) is 8.28. The van der Waals surface area contributed by atoms with E-state index in [1.165, 1.54) is 22.3 Å². The maximum absolute atomic E-state index is 14.8. The minimum Gasteiger partial charge on any atom is -0.503 e. The quantitative estimate of drug-likeness (QED) is 0.711. The largest absolute Gasteiger partial charge is 0.503 e. The number of aliphatic hydroxyl groups is 1. The lowest BCUT2D eigenvalue weighted by atomic mass is 9.94. The summed E-state index contributed by atoms with van der Waals surface area (Å²) in [7, 11) is 0. The van der Waals surface area contributed by atoms with E-state index in [-0.39, 0.29) is 11.1 Å². The predicted molar refractivity (Wildman–Crippen MR) is 112 cm³/mol. The van der Waals surface area contributed by atoms with Gasteiger partial charge in [0.1, 0.15) is 5.82 Å². The number of halogens is 1. The Bertz CT molecular complexity index is 1030. The van der Waals surface area contributed by atoms with Gasteiger partial charge in [0, 0.05) is 18.7 Å². The minimum absolute atomic E-state index is 0.0710. The van der Waals surface area contributed by atoms with Gasteiger partial charge in [0.15, 0.2) is 5.76 Å². The van der Waals surface area contributed by atoms with Crippen LogP contribution in [-0.2, 0) is 4.79 Å². The molecule has 1 atom stereocenters. The molecule has 8 heteroatoms. The number of aliphatic hydroxyl groups excluding tert-OH is 1. The second-order valence-corrected chi connectivity index (χ2v) is 8.91. The maximum atomic E-state index is 14.8. The first-order valence-corrected chi connectivity index (χ1v) is 10.9. The van der Waals surface area contributed by atoms with Crippen LogP contribution in [0.25, 0.3) is 0 Å². The first-order valence-electron chi connectivity index (χ1n) is 10.1. The fraction of sp³-hybridized carbons (Fsp3) is 0.409. The fourth-order valence-electron chi connectivity index (χ4n) is 4.26. The van der Waals surface area contributed by atoms with E-state index >= 15 is 0 Å². The summed E-state index contributed by atoms with van der Waals surface area (Å²) in [6.07, 6.45) is 2.23. The van der Waals surface area contributed by atoms with Gasteiger partial charge in [-0.2, -0.15) is 0 Å². The number of aryl methyl sites for hydroxylation is 2. The molecule has 2 aliphatic rings. The van der Waals surface area contributed by atoms with Crippen LogP contribution < -0.4 is 0 Å². The number of rotatable bonds is 6. The lowest BCUT2D eigenvalue weighted by Crippen LogP contribution is -2.38. The van der Waals surface area contributed by atoms with Crippen LogP contribution in [0, 0.1) is 19.7 Å². The zero-order valence-electron chi connectivity index (χ0n) is 17.0. The number of amides is 1. The molecule has 6 nitrogen and oxygen atoms in total. The number of thiazole rings is 1. The topological polar surface area (TPSA) is 73.7 Å². The third-order valence-corrected chi connectivity index (χ3v) is 6.79. The van der Waals surface area contributed by atoms with Gasteiger partial charge in [0.05, 0.1) is 27.2 Å². The lowest BCUT2D eigenvalue weighted by Gasteiger charge is -2.28. The number of hydrogen-bond donors (Lipinski definition) is 1. The number of carbonyl (C=O) groups excluding carboxylic acids is 2. The molecule has 0 spiro atoms. The van der Waals surface area contributed by atoms with Crippen LogP contribution >= 0.6 is 11.3 Å². The Kier molecular flexibility index (Phi) is 5.71. The number of ketones is 1. The van der Waals surface area contributed by atoms with E-state index in [2.05, 4.69) is 9.88 Å². The number of carbonyl (C=O) groups is 2. The molecule has 0 bridgehead atoms. The van der Waals surface area contributed by atoms with E-state index in [1.807, 2.05) is 0 Å². The van der Waals surface area contributed by atoms with E-state index in [9.17, 15) is 19.1 Å². The van der Waals surface area contributed by atoms with Crippen molar-refractivity contribution in [3.8, 4) is 0 Å². The average molecular weight is 430 g/mol. The SMILES string of the molecule is Cc1nc(C)c(C(=O)C2=C(O)C(=O)N(CCN3CCCC3)C2c2ccccc2F)s1. The van der Waals surface area contributed by atoms with Crippen molar-refractivity contribution in [3.63, 3.8) is 0 Å². The summed E-state index contributed by atoms with van der Waals surface area (Å²) in [6.45, 7) is 6.34. The van der Waals surface area contributed by atoms with Crippen LogP contribution in [-0.4, -0.2) is 57.8 Å². The van der Waals surface area contributed by atoms with Crippen LogP contribution in [0.5, 0.6) is 0 Å². The van der Waals surface area contributed by atoms with Crippen molar-refractivity contribution in [2.75, 3.05) is 26.2 Å². The van der Waals surface area contributed by atoms with Crippen molar-refractivity contribution in [1.29, 1.82) is 0 Å². The molecule has 1 saturated heterocycles. The first kappa shape index (κ1) is 20.7. The Hall–Kier alpha value is -2.58. The molecule has 1 N–H and O–H groups in total. The molecule has 0 aliphatic carbocycles. The molecule has 1 unspecified atom stereocenters. The number of hydrogen-bond acceptors (Lipinski definition) is 6. The molecule has 1 aromatic carbocycles. The Labute approximate surface area is 178 Å². The van der Waals surface area contributed by atoms with E-state index < -0.39 is 29.3 Å². The smallest absolute Gasteiger partial charge is 0.290 e. The molecule has 1 amide bonds. The fourth-order valence-corrected chi connectivity index (χ4v) is 5.13. The second-order valence-electron chi connectivity index (χ2n) is 7.71. The zero-order chi connectivity index (χ0) is 21.4. The highest BCUT2D eigenvalue weighted by molar-refractivity contribution is 7.14. The minimum atomic E-state index is -0.962. The predicted octanol–water partition coefficient (Wildman–Crippen LogP) is 3.57. The van der Waals surface area contributed by atoms with Crippen LogP contribution in [0.4, 0.5) is 4.39 Å². The molecular formula is C22H24FN3O3S. The third kappa shape index (κ3) is 3.65. The molecule has 4 rings (SSSR count). The summed E-state index contributed by atoms with van der Waals surface area (Å²) in [6, 6.07) is 5.13. The maximum Gasteiger partial charge on any atom is 0.290 e. The van der Waals surface area contributed by atoms with Crippen molar-refractivity contribution >= 4 is 23.0 Å². The summed E-state index contributed by atoms with van der Waals surface area (Å²) in [5.74, 6) is -2.22. The van der Waals surface area contributed by atoms with Crippen molar-refractivity contribution in [1.82, 2.24) is 14.8 Å². The molecule has 2 aromatic rings. The molecular weight excluding hydrogens is 405 g/mol. The number of likely N-dealkylation sites (tertiary alicyclic amines) is 1. The van der Waals surface area contributed by atoms with Gasteiger partial charge in [0.25, 0.3) is 5.91 Å². The Morgan fingerprint density at radius 2 is 1.93 bits per heavy atom. The number of nitrogens with zero attached hydrogens (tertiary/aromatic N) is 3. The molecule has 1 aromatic heterocycles. The van der Waals surface area contributed by atoms with Crippen LogP contribution in [0.2, 0.25) is 0 Å². The molecule has 30 heavy (non-hydrogen) atoms. The summed E-state index contributed by atoms with van der Waals surface area (Å²) < 4.78 is 14.8. The van der Waals surface area contributed by atoms with Crippen LogP contribution in [0.3, 0.4) is 0 Å². The van der Waals surface area contributed by atoms with Gasteiger partial charge < -0.3 is 14.9 Å². The average Bonchev–Trinajstić information content (AvgIpc) is 3.41. The summed E-state index contributed by atoms with van der Waals surface area (Å²) in [5, 5.41) is 11.4. The normalized spacial score (nSPS) is 19.9. The van der Waals surface area contributed by atoms with Crippen molar-refractivity contribution < 1.29 is 19.1 Å². The van der Waals surface area contributed by atoms with E-state index in [1.54, 1.807) is 32.0 Å². The molecule has 1 fully saturated rings. The van der Waals surface area contributed by atoms with Gasteiger partial charge in [0.2, 0.25) is 5.78 Å². The van der Waals surface area contributed by atoms with Crippen molar-refractivity contribution in [2.24, 2.45) is 0 Å². The standard InChI is InChI=1S/C22H24FN3O3S/c1-13-21(30-14(2)24-13)19(27)17-18(15-7-3-4-8-16(15)23)26(22(29)20(17)28)12-11-25-9-5-6-10-25/h3-4,7-8,18,28H,5-6,9-12H2,1-2H3. The van der Waals surface area contributed by atoms with Crippen LogP contribution in [0.15, 0.2) is 35.6 Å². The first-order chi connectivity index (χ1) is 14.4. The number of benzene rings is 1. The van der Waals surface area contributed by atoms with Crippen molar-refractivity contribution in [3.05, 3.63) is 62.6 Å². The van der Waals surface area contributed by atoms with E-state index in [0.717, 1.165) is 25.9 Å². The summed E-state index contributed by atoms with van der Waals surface area (Å²) >= 11 is 1.21. The summed E-state index contributed by atoms with van der Waals surface area (Å²) in [4.78, 5) is 34.6. The molecule has 3 heterocycles. The number of aromatic nitrogens is 1. The zero-order valence-corrected chi connectivity index (χ0v) is 17.8. The summed E-state index contributed by atoms with van der Waals surface area (Å²) in [5.41, 5.74) is 0.676. The Morgan fingerprint density at radius 3 is 2.57 bits per heavy atom. The molecule has 2 aliphatic heterocycles. The molecule has 0 saturated carbocycles. The van der Waals surface area contributed by atoms with Gasteiger partial charge >= 0.3 is 0 Å². The molecule has 158 valence electrons.